The monoisotopic (exact) mass is 1060 g/mol. The molecule has 0 N–H and O–H groups in total. The Balaban J connectivity index is 1.09. The van der Waals surface area contributed by atoms with E-state index in [0.29, 0.717) is 17.5 Å². The van der Waals surface area contributed by atoms with Crippen LogP contribution in [0.25, 0.3) is 95.0 Å². The van der Waals surface area contributed by atoms with Gasteiger partial charge in [0, 0.05) is 0 Å². The van der Waals surface area contributed by atoms with Crippen LogP contribution in [0.15, 0.2) is 267 Å². The molecule has 0 radical (unpaired) electrons. The minimum absolute atomic E-state index is 0.592. The molecule has 0 fully saturated rings. The zero-order valence-corrected chi connectivity index (χ0v) is 46.3. The molecule has 5 heteroatoms. The Kier molecular flexibility index (Phi) is 12.6. The predicted molar refractivity (Wildman–Crippen MR) is 329 cm³/mol. The summed E-state index contributed by atoms with van der Waals surface area (Å²) in [7, 11) is 0. The second kappa shape index (κ2) is 20.4. The minimum atomic E-state index is -3.64. The number of rotatable bonds is 11. The van der Waals surface area contributed by atoms with Crippen LogP contribution in [-0.2, 0) is 0 Å². The molecule has 13 rings (SSSR count). The summed E-state index contributed by atoms with van der Waals surface area (Å²) in [5.74, 6) is 1.82. The fourth-order valence-electron chi connectivity index (χ4n) is 11.9. The molecule has 0 atom stereocenters. The molecule has 0 saturated heterocycles. The van der Waals surface area contributed by atoms with Crippen molar-refractivity contribution in [2.75, 3.05) is 0 Å². The van der Waals surface area contributed by atoms with Crippen molar-refractivity contribution >= 4 is 52.7 Å². The van der Waals surface area contributed by atoms with Gasteiger partial charge in [0.05, 0.1) is 0 Å². The van der Waals surface area contributed by atoms with Crippen molar-refractivity contribution in [2.24, 2.45) is 0 Å². The van der Waals surface area contributed by atoms with E-state index in [0.717, 1.165) is 44.5 Å². The van der Waals surface area contributed by atoms with E-state index in [1.807, 2.05) is 36.4 Å². The van der Waals surface area contributed by atoms with E-state index < -0.39 is 13.3 Å². The van der Waals surface area contributed by atoms with Crippen molar-refractivity contribution in [2.45, 2.75) is 27.7 Å². The Bertz CT molecular complexity index is 4080. The molecule has 2 heterocycles. The first kappa shape index (κ1) is 48.4. The number of hydrogen-bond acceptors (Lipinski definition) is 3. The number of hydrogen-bond donors (Lipinski definition) is 0. The van der Waals surface area contributed by atoms with Crippen LogP contribution in [-0.4, -0.2) is 32.8 Å². The second-order valence-corrected chi connectivity index (χ2v) is 28.6. The Hall–Kier alpha value is -9.23. The van der Waals surface area contributed by atoms with Gasteiger partial charge in [0.25, 0.3) is 0 Å². The summed E-state index contributed by atoms with van der Waals surface area (Å²) < 4.78 is 7.92. The summed E-state index contributed by atoms with van der Waals surface area (Å²) in [5, 5.41) is 2.35. The first-order valence-corrected chi connectivity index (χ1v) is 31.0. The summed E-state index contributed by atoms with van der Waals surface area (Å²) in [6.07, 6.45) is 0. The molecule has 0 aliphatic rings. The van der Waals surface area contributed by atoms with Gasteiger partial charge in [-0.25, -0.2) is 0 Å². The average molecular weight is 1060 g/mol. The molecular weight excluding hydrogens is 1010 g/mol. The molecule has 0 aliphatic carbocycles. The Morgan fingerprint density at radius 1 is 0.282 bits per heavy atom. The summed E-state index contributed by atoms with van der Waals surface area (Å²) in [4.78, 5) is 16.1. The third kappa shape index (κ3) is 8.74. The van der Waals surface area contributed by atoms with Crippen molar-refractivity contribution in [3.63, 3.8) is 0 Å². The molecule has 0 amide bonds. The van der Waals surface area contributed by atoms with Crippen molar-refractivity contribution in [3.05, 3.63) is 289 Å². The minimum Gasteiger partial charge on any atom is -0.0558 e. The van der Waals surface area contributed by atoms with Gasteiger partial charge in [-0.15, -0.1) is 0 Å². The van der Waals surface area contributed by atoms with Crippen LogP contribution in [0.4, 0.5) is 0 Å². The average Bonchev–Trinajstić information content (AvgIpc) is 3.99. The molecule has 11 aromatic carbocycles. The van der Waals surface area contributed by atoms with Crippen molar-refractivity contribution in [1.82, 2.24) is 19.5 Å². The van der Waals surface area contributed by atoms with Gasteiger partial charge in [0.2, 0.25) is 0 Å². The number of nitrogens with zero attached hydrogens (tertiary/aromatic N) is 4. The molecule has 0 spiro atoms. The predicted octanol–water partition coefficient (Wildman–Crippen LogP) is 15.6. The maximum absolute atomic E-state index is 5.46. The standard InChI is InChI=1S/C73H56GeN4/c1-49-33-38-63(51(3)43-49)57-36-41-68-65(47-57)66-48-58(64-39-34-50(2)44-52(64)4)37-42-69(66)78(68)70-40-35-56(46-67(70)73-76-71(53-21-10-5-11-22-53)75-72(77-73)54-23-12-6-13-24-54)55-25-20-32-62(45-55)74(59-26-14-7-15-27-59,60-28-16-8-17-29-60)61-30-18-9-19-31-61/h5-48H,1-4H3. The van der Waals surface area contributed by atoms with Gasteiger partial charge < -0.3 is 0 Å². The number of benzene rings is 11. The topological polar surface area (TPSA) is 43.6 Å². The molecular formula is C73H56GeN4. The molecule has 4 nitrogen and oxygen atoms in total. The normalized spacial score (nSPS) is 11.6. The van der Waals surface area contributed by atoms with Gasteiger partial charge in [-0.05, 0) is 49.9 Å². The molecule has 0 aliphatic heterocycles. The van der Waals surface area contributed by atoms with E-state index in [1.165, 1.54) is 72.9 Å². The number of fused-ring (bicyclic) bond motifs is 3. The van der Waals surface area contributed by atoms with E-state index >= 15 is 0 Å². The van der Waals surface area contributed by atoms with Gasteiger partial charge in [-0.1, -0.05) is 59.7 Å². The fourth-order valence-corrected chi connectivity index (χ4v) is 22.0. The summed E-state index contributed by atoms with van der Waals surface area (Å²) in [6.45, 7) is 8.76. The molecule has 0 bridgehead atoms. The number of aryl methyl sites for hydroxylation is 4. The number of aromatic nitrogens is 4. The summed E-state index contributed by atoms with van der Waals surface area (Å²) in [6, 6.07) is 97.9. The summed E-state index contributed by atoms with van der Waals surface area (Å²) >= 11 is -3.64. The maximum atomic E-state index is 5.46. The maximum Gasteiger partial charge on any atom is -0.0391 e. The Morgan fingerprint density at radius 2 is 0.679 bits per heavy atom. The Labute approximate surface area is 459 Å². The fraction of sp³-hybridized carbons (Fsp3) is 0.0548. The van der Waals surface area contributed by atoms with E-state index in [2.05, 4.69) is 263 Å². The summed E-state index contributed by atoms with van der Waals surface area (Å²) in [5.41, 5.74) is 17.9. The van der Waals surface area contributed by atoms with Crippen LogP contribution in [0.5, 0.6) is 0 Å². The molecule has 372 valence electrons. The molecule has 0 saturated carbocycles. The second-order valence-electron chi connectivity index (χ2n) is 20.6. The Morgan fingerprint density at radius 3 is 1.14 bits per heavy atom. The van der Waals surface area contributed by atoms with Gasteiger partial charge in [0.1, 0.15) is 0 Å². The van der Waals surface area contributed by atoms with Crippen molar-refractivity contribution in [1.29, 1.82) is 0 Å². The van der Waals surface area contributed by atoms with E-state index in [1.54, 1.807) is 0 Å². The molecule has 78 heavy (non-hydrogen) atoms. The first-order valence-electron chi connectivity index (χ1n) is 26.8. The molecule has 2 aromatic heterocycles. The smallest absolute Gasteiger partial charge is 0.0391 e. The molecule has 0 unspecified atom stereocenters. The third-order valence-corrected chi connectivity index (χ3v) is 25.6. The molecule has 13 aromatic rings. The van der Waals surface area contributed by atoms with Crippen molar-refractivity contribution in [3.8, 4) is 73.2 Å². The van der Waals surface area contributed by atoms with Crippen LogP contribution in [0.1, 0.15) is 22.3 Å². The van der Waals surface area contributed by atoms with Crippen LogP contribution in [0.3, 0.4) is 0 Å². The quantitative estimate of drug-likeness (QED) is 0.121. The van der Waals surface area contributed by atoms with Gasteiger partial charge in [-0.2, -0.15) is 0 Å². The largest absolute Gasteiger partial charge is 0.0558 e. The first-order chi connectivity index (χ1) is 38.3. The van der Waals surface area contributed by atoms with E-state index in [4.69, 9.17) is 15.0 Å². The van der Waals surface area contributed by atoms with Crippen LogP contribution in [0.2, 0.25) is 0 Å². The van der Waals surface area contributed by atoms with Crippen LogP contribution >= 0.6 is 0 Å². The van der Waals surface area contributed by atoms with Crippen molar-refractivity contribution < 1.29 is 0 Å². The third-order valence-electron chi connectivity index (χ3n) is 15.6. The van der Waals surface area contributed by atoms with Crippen LogP contribution < -0.4 is 17.6 Å². The van der Waals surface area contributed by atoms with Gasteiger partial charge in [-0.3, -0.25) is 0 Å². The SMILES string of the molecule is Cc1ccc(-c2ccc3c(c2)c2cc(-c4ccc(C)cc4C)ccc2n3-c2ccc(-c3ccc[c]([Ge]([c]4ccccc4)([c]4ccccc4)[c]4ccccc4)c3)cc2-c2nc(-c3ccccc3)nc(-c3ccccc3)n2)c(C)c1. The van der Waals surface area contributed by atoms with Gasteiger partial charge >= 0.3 is 353 Å². The zero-order valence-electron chi connectivity index (χ0n) is 44.2. The van der Waals surface area contributed by atoms with E-state index in [-0.39, 0.29) is 0 Å². The van der Waals surface area contributed by atoms with E-state index in [9.17, 15) is 0 Å². The van der Waals surface area contributed by atoms with Crippen LogP contribution in [0, 0.1) is 27.7 Å². The zero-order chi connectivity index (χ0) is 52.7. The van der Waals surface area contributed by atoms with Gasteiger partial charge in [0.15, 0.2) is 0 Å².